The van der Waals surface area contributed by atoms with Gasteiger partial charge in [-0.1, -0.05) is 64.1 Å². The van der Waals surface area contributed by atoms with Gasteiger partial charge in [-0.25, -0.2) is 0 Å². The molecule has 1 nitrogen and oxygen atoms in total. The molecule has 0 amide bonds. The number of aryl methyl sites for hydroxylation is 3. The number of benzene rings is 3. The van der Waals surface area contributed by atoms with Gasteiger partial charge in [-0.2, -0.15) is 0 Å². The molecular weight excluding hydrogens is 371 g/mol. The lowest BCUT2D eigenvalue weighted by Gasteiger charge is -2.12. The molecule has 0 saturated heterocycles. The average Bonchev–Trinajstić information content (AvgIpc) is 2.80. The first-order valence-electron chi connectivity index (χ1n) is 10.9. The summed E-state index contributed by atoms with van der Waals surface area (Å²) in [5.74, 6) is 0. The summed E-state index contributed by atoms with van der Waals surface area (Å²) in [6, 6.07) is 27.8. The normalized spacial score (nSPS) is 10.6. The third kappa shape index (κ3) is 6.81. The molecule has 0 aliphatic carbocycles. The van der Waals surface area contributed by atoms with Crippen LogP contribution in [0.4, 0.5) is 0 Å². The zero-order chi connectivity index (χ0) is 21.1. The van der Waals surface area contributed by atoms with Crippen LogP contribution in [0.5, 0.6) is 0 Å². The fraction of sp³-hybridized carbons (Fsp3) is 0.333. The Morgan fingerprint density at radius 3 is 0.931 bits per heavy atom. The van der Waals surface area contributed by atoms with E-state index in [1.54, 1.807) is 0 Å². The van der Waals surface area contributed by atoms with Crippen molar-refractivity contribution >= 4 is 23.8 Å². The molecule has 0 bridgehead atoms. The number of rotatable bonds is 7. The fourth-order valence-corrected chi connectivity index (χ4v) is 5.72. The second-order valence-electron chi connectivity index (χ2n) is 7.25. The molecule has 154 valence electrons. The molecule has 2 heteroatoms. The molecule has 0 atom stereocenters. The van der Waals surface area contributed by atoms with Crippen molar-refractivity contribution in [2.45, 2.75) is 53.4 Å². The molecule has 0 aliphatic heterocycles. The molecular formula is C27H36OP+. The average molecular weight is 408 g/mol. The standard InChI is InChI=1S/C24H27P.C3H8O/c1-4-19-7-13-22(14-8-19)25(23-15-9-20(5-2)10-16-23)24-17-11-21(6-3)12-18-24;1-2-3-4/h7-18H,4-6H2,1-3H3;4H,2-3H2,1H3/p+1. The van der Waals surface area contributed by atoms with Crippen LogP contribution in [-0.4, -0.2) is 11.7 Å². The van der Waals surface area contributed by atoms with Crippen molar-refractivity contribution in [3.63, 3.8) is 0 Å². The van der Waals surface area contributed by atoms with E-state index in [0.717, 1.165) is 25.7 Å². The van der Waals surface area contributed by atoms with Crippen LogP contribution in [-0.2, 0) is 19.3 Å². The Balaban J connectivity index is 0.000000687. The van der Waals surface area contributed by atoms with Gasteiger partial charge < -0.3 is 5.11 Å². The molecule has 0 aromatic heterocycles. The van der Waals surface area contributed by atoms with E-state index >= 15 is 0 Å². The van der Waals surface area contributed by atoms with Gasteiger partial charge in [0.25, 0.3) is 0 Å². The van der Waals surface area contributed by atoms with Gasteiger partial charge in [0.15, 0.2) is 0 Å². The van der Waals surface area contributed by atoms with E-state index in [-0.39, 0.29) is 0 Å². The smallest absolute Gasteiger partial charge is 0.102 e. The summed E-state index contributed by atoms with van der Waals surface area (Å²) in [4.78, 5) is 0. The van der Waals surface area contributed by atoms with Crippen LogP contribution in [0.15, 0.2) is 72.8 Å². The Kier molecular flexibility index (Phi) is 10.1. The minimum Gasteiger partial charge on any atom is -0.396 e. The molecule has 3 aromatic carbocycles. The van der Waals surface area contributed by atoms with E-state index < -0.39 is 7.92 Å². The Morgan fingerprint density at radius 1 is 0.517 bits per heavy atom. The minimum absolute atomic E-state index is 0.319. The predicted octanol–water partition coefficient (Wildman–Crippen LogP) is 5.25. The van der Waals surface area contributed by atoms with Crippen LogP contribution in [0.3, 0.4) is 0 Å². The Labute approximate surface area is 178 Å². The van der Waals surface area contributed by atoms with Crippen LogP contribution in [0.25, 0.3) is 0 Å². The van der Waals surface area contributed by atoms with Gasteiger partial charge in [0, 0.05) is 6.61 Å². The topological polar surface area (TPSA) is 20.2 Å². The SMILES string of the molecule is CCCO.CCc1ccc([PH+](c2ccc(CC)cc2)c2ccc(CC)cc2)cc1. The van der Waals surface area contributed by atoms with Gasteiger partial charge in [0.1, 0.15) is 15.9 Å². The first-order valence-corrected chi connectivity index (χ1v) is 12.4. The third-order valence-corrected chi connectivity index (χ3v) is 7.91. The summed E-state index contributed by atoms with van der Waals surface area (Å²) in [5.41, 5.74) is 4.23. The van der Waals surface area contributed by atoms with Crippen molar-refractivity contribution in [2.75, 3.05) is 6.61 Å². The van der Waals surface area contributed by atoms with E-state index in [1.807, 2.05) is 6.92 Å². The highest BCUT2D eigenvalue weighted by molar-refractivity contribution is 7.79. The maximum atomic E-state index is 7.88. The highest BCUT2D eigenvalue weighted by atomic mass is 31.1. The van der Waals surface area contributed by atoms with Gasteiger partial charge in [0.05, 0.1) is 7.92 Å². The lowest BCUT2D eigenvalue weighted by atomic mass is 10.2. The van der Waals surface area contributed by atoms with Crippen LogP contribution in [0.2, 0.25) is 0 Å². The van der Waals surface area contributed by atoms with Crippen LogP contribution >= 0.6 is 7.92 Å². The molecule has 0 heterocycles. The van der Waals surface area contributed by atoms with E-state index in [4.69, 9.17) is 5.11 Å². The fourth-order valence-electron chi connectivity index (χ4n) is 3.22. The first kappa shape index (κ1) is 23.3. The zero-order valence-electron chi connectivity index (χ0n) is 18.4. The molecule has 0 saturated carbocycles. The van der Waals surface area contributed by atoms with Crippen molar-refractivity contribution in [1.29, 1.82) is 0 Å². The maximum absolute atomic E-state index is 7.88. The number of hydrogen-bond acceptors (Lipinski definition) is 1. The van der Waals surface area contributed by atoms with E-state index in [1.165, 1.54) is 32.6 Å². The second kappa shape index (κ2) is 12.6. The monoisotopic (exact) mass is 407 g/mol. The summed E-state index contributed by atoms with van der Waals surface area (Å²) < 4.78 is 0. The summed E-state index contributed by atoms with van der Waals surface area (Å²) in [6.07, 6.45) is 4.16. The van der Waals surface area contributed by atoms with Crippen molar-refractivity contribution in [3.05, 3.63) is 89.5 Å². The molecule has 0 unspecified atom stereocenters. The molecule has 3 rings (SSSR count). The molecule has 0 fully saturated rings. The minimum atomic E-state index is -0.951. The summed E-state index contributed by atoms with van der Waals surface area (Å²) >= 11 is 0. The molecule has 29 heavy (non-hydrogen) atoms. The first-order chi connectivity index (χ1) is 14.2. The van der Waals surface area contributed by atoms with E-state index in [2.05, 4.69) is 93.6 Å². The Bertz CT molecular complexity index is 705. The maximum Gasteiger partial charge on any atom is 0.102 e. The lowest BCUT2D eigenvalue weighted by Crippen LogP contribution is -2.20. The molecule has 3 aromatic rings. The lowest BCUT2D eigenvalue weighted by molar-refractivity contribution is 0.295. The summed E-state index contributed by atoms with van der Waals surface area (Å²) in [5, 5.41) is 12.3. The van der Waals surface area contributed by atoms with Crippen LogP contribution in [0.1, 0.15) is 50.8 Å². The van der Waals surface area contributed by atoms with Crippen molar-refractivity contribution in [2.24, 2.45) is 0 Å². The van der Waals surface area contributed by atoms with Gasteiger partial charge in [0.2, 0.25) is 0 Å². The zero-order valence-corrected chi connectivity index (χ0v) is 19.4. The summed E-state index contributed by atoms with van der Waals surface area (Å²) in [7, 11) is -0.951. The van der Waals surface area contributed by atoms with Crippen molar-refractivity contribution in [1.82, 2.24) is 0 Å². The Morgan fingerprint density at radius 2 is 0.759 bits per heavy atom. The molecule has 0 aliphatic rings. The number of hydrogen-bond donors (Lipinski definition) is 1. The Hall–Kier alpha value is -1.95. The summed E-state index contributed by atoms with van der Waals surface area (Å²) in [6.45, 7) is 8.90. The third-order valence-electron chi connectivity index (χ3n) is 5.18. The quantitative estimate of drug-likeness (QED) is 0.530. The van der Waals surface area contributed by atoms with E-state index in [0.29, 0.717) is 6.61 Å². The molecule has 0 spiro atoms. The van der Waals surface area contributed by atoms with Crippen LogP contribution in [0, 0.1) is 0 Å². The molecule has 1 N–H and O–H groups in total. The number of aliphatic hydroxyl groups excluding tert-OH is 1. The van der Waals surface area contributed by atoms with Crippen molar-refractivity contribution < 1.29 is 5.11 Å². The van der Waals surface area contributed by atoms with E-state index in [9.17, 15) is 0 Å². The van der Waals surface area contributed by atoms with Gasteiger partial charge in [-0.15, -0.1) is 0 Å². The highest BCUT2D eigenvalue weighted by Crippen LogP contribution is 2.33. The van der Waals surface area contributed by atoms with Crippen molar-refractivity contribution in [3.8, 4) is 0 Å². The van der Waals surface area contributed by atoms with Gasteiger partial charge in [-0.3, -0.25) is 0 Å². The van der Waals surface area contributed by atoms with Crippen LogP contribution < -0.4 is 15.9 Å². The largest absolute Gasteiger partial charge is 0.396 e. The second-order valence-corrected chi connectivity index (χ2v) is 9.73. The predicted molar refractivity (Wildman–Crippen MR) is 132 cm³/mol. The van der Waals surface area contributed by atoms with Gasteiger partial charge in [-0.05, 0) is 78.8 Å². The number of aliphatic hydroxyl groups is 1. The molecule has 0 radical (unpaired) electrons. The van der Waals surface area contributed by atoms with Gasteiger partial charge >= 0.3 is 0 Å². The highest BCUT2D eigenvalue weighted by Gasteiger charge is 2.25.